The summed E-state index contributed by atoms with van der Waals surface area (Å²) in [4.78, 5) is 17.8. The second-order valence-corrected chi connectivity index (χ2v) is 5.18. The molecule has 0 aliphatic carbocycles. The molecule has 2 rings (SSSR count). The average molecular weight is 292 g/mol. The highest BCUT2D eigenvalue weighted by Gasteiger charge is 2.13. The largest absolute Gasteiger partial charge is 0.379 e. The SMILES string of the molecule is CCCNc1cc(CSc2ncc[nH]2)ccc1[N+](=O)[O-]. The lowest BCUT2D eigenvalue weighted by Gasteiger charge is -2.08. The summed E-state index contributed by atoms with van der Waals surface area (Å²) in [7, 11) is 0. The molecule has 7 heteroatoms. The number of nitrogens with zero attached hydrogens (tertiary/aromatic N) is 2. The first-order valence-electron chi connectivity index (χ1n) is 6.34. The van der Waals surface area contributed by atoms with E-state index in [0.717, 1.165) is 23.7 Å². The number of benzene rings is 1. The van der Waals surface area contributed by atoms with E-state index in [1.54, 1.807) is 36.3 Å². The van der Waals surface area contributed by atoms with Crippen LogP contribution in [-0.4, -0.2) is 21.4 Å². The highest BCUT2D eigenvalue weighted by molar-refractivity contribution is 7.98. The van der Waals surface area contributed by atoms with E-state index in [2.05, 4.69) is 15.3 Å². The van der Waals surface area contributed by atoms with Gasteiger partial charge in [-0.25, -0.2) is 4.98 Å². The molecular formula is C13H16N4O2S. The number of imidazole rings is 1. The molecule has 0 amide bonds. The van der Waals surface area contributed by atoms with Crippen molar-refractivity contribution in [1.29, 1.82) is 0 Å². The molecular weight excluding hydrogens is 276 g/mol. The van der Waals surface area contributed by atoms with Crippen LogP contribution in [0.25, 0.3) is 0 Å². The Bertz CT molecular complexity index is 572. The van der Waals surface area contributed by atoms with Crippen LogP contribution in [0.5, 0.6) is 0 Å². The van der Waals surface area contributed by atoms with Crippen LogP contribution in [-0.2, 0) is 5.75 Å². The summed E-state index contributed by atoms with van der Waals surface area (Å²) >= 11 is 1.56. The third-order valence-electron chi connectivity index (χ3n) is 2.67. The number of rotatable bonds is 7. The summed E-state index contributed by atoms with van der Waals surface area (Å²) in [5.74, 6) is 0.715. The molecule has 0 saturated heterocycles. The van der Waals surface area contributed by atoms with Crippen molar-refractivity contribution in [1.82, 2.24) is 9.97 Å². The lowest BCUT2D eigenvalue weighted by atomic mass is 10.2. The molecule has 6 nitrogen and oxygen atoms in total. The van der Waals surface area contributed by atoms with Gasteiger partial charge in [0.2, 0.25) is 0 Å². The third kappa shape index (κ3) is 3.74. The number of aromatic nitrogens is 2. The molecule has 1 heterocycles. The Morgan fingerprint density at radius 3 is 3.00 bits per heavy atom. The number of hydrogen-bond acceptors (Lipinski definition) is 5. The summed E-state index contributed by atoms with van der Waals surface area (Å²) in [5.41, 5.74) is 1.72. The van der Waals surface area contributed by atoms with Crippen LogP contribution in [0.4, 0.5) is 11.4 Å². The summed E-state index contributed by atoms with van der Waals surface area (Å²) < 4.78 is 0. The number of hydrogen-bond donors (Lipinski definition) is 2. The van der Waals surface area contributed by atoms with Crippen molar-refractivity contribution in [2.75, 3.05) is 11.9 Å². The first-order chi connectivity index (χ1) is 9.70. The minimum absolute atomic E-state index is 0.116. The van der Waals surface area contributed by atoms with Gasteiger partial charge >= 0.3 is 0 Å². The molecule has 0 atom stereocenters. The van der Waals surface area contributed by atoms with Gasteiger partial charge < -0.3 is 10.3 Å². The molecule has 0 radical (unpaired) electrons. The predicted molar refractivity (Wildman–Crippen MR) is 80.0 cm³/mol. The smallest absolute Gasteiger partial charge is 0.292 e. The van der Waals surface area contributed by atoms with Crippen molar-refractivity contribution in [2.24, 2.45) is 0 Å². The van der Waals surface area contributed by atoms with Crippen LogP contribution in [0.3, 0.4) is 0 Å². The van der Waals surface area contributed by atoms with Gasteiger partial charge in [0, 0.05) is 30.8 Å². The first-order valence-corrected chi connectivity index (χ1v) is 7.32. The van der Waals surface area contributed by atoms with Crippen molar-refractivity contribution in [3.63, 3.8) is 0 Å². The van der Waals surface area contributed by atoms with Crippen LogP contribution in [0.1, 0.15) is 18.9 Å². The van der Waals surface area contributed by atoms with Gasteiger partial charge in [-0.1, -0.05) is 24.8 Å². The Kier molecular flexibility index (Phi) is 5.00. The predicted octanol–water partition coefficient (Wildman–Crippen LogP) is 3.43. The normalized spacial score (nSPS) is 10.4. The van der Waals surface area contributed by atoms with Gasteiger partial charge in [-0.3, -0.25) is 10.1 Å². The van der Waals surface area contributed by atoms with Crippen LogP contribution >= 0.6 is 11.8 Å². The monoisotopic (exact) mass is 292 g/mol. The lowest BCUT2D eigenvalue weighted by molar-refractivity contribution is -0.384. The fourth-order valence-electron chi connectivity index (χ4n) is 1.71. The molecule has 0 saturated carbocycles. The number of nitrogens with one attached hydrogen (secondary N) is 2. The van der Waals surface area contributed by atoms with Gasteiger partial charge in [-0.05, 0) is 18.1 Å². The molecule has 0 aliphatic heterocycles. The Balaban J connectivity index is 2.11. The quantitative estimate of drug-likeness (QED) is 0.464. The van der Waals surface area contributed by atoms with E-state index in [1.165, 1.54) is 0 Å². The third-order valence-corrected chi connectivity index (χ3v) is 3.65. The zero-order chi connectivity index (χ0) is 14.4. The molecule has 0 spiro atoms. The fraction of sp³-hybridized carbons (Fsp3) is 0.308. The van der Waals surface area contributed by atoms with Crippen molar-refractivity contribution in [3.8, 4) is 0 Å². The van der Waals surface area contributed by atoms with Crippen molar-refractivity contribution < 1.29 is 4.92 Å². The second-order valence-electron chi connectivity index (χ2n) is 4.22. The van der Waals surface area contributed by atoms with Gasteiger partial charge in [-0.2, -0.15) is 0 Å². The van der Waals surface area contributed by atoms with E-state index in [9.17, 15) is 10.1 Å². The average Bonchev–Trinajstić information content (AvgIpc) is 2.96. The molecule has 20 heavy (non-hydrogen) atoms. The zero-order valence-corrected chi connectivity index (χ0v) is 11.9. The minimum Gasteiger partial charge on any atom is -0.379 e. The Morgan fingerprint density at radius 2 is 2.35 bits per heavy atom. The highest BCUT2D eigenvalue weighted by Crippen LogP contribution is 2.28. The number of nitro groups is 1. The summed E-state index contributed by atoms with van der Waals surface area (Å²) in [5, 5.41) is 14.9. The van der Waals surface area contributed by atoms with Crippen molar-refractivity contribution in [3.05, 3.63) is 46.3 Å². The van der Waals surface area contributed by atoms with E-state index >= 15 is 0 Å². The zero-order valence-electron chi connectivity index (χ0n) is 11.1. The summed E-state index contributed by atoms with van der Waals surface area (Å²) in [6.07, 6.45) is 4.39. The number of aromatic amines is 1. The first kappa shape index (κ1) is 14.4. The Labute approximate surface area is 121 Å². The molecule has 2 N–H and O–H groups in total. The van der Waals surface area contributed by atoms with Crippen LogP contribution in [0.2, 0.25) is 0 Å². The topological polar surface area (TPSA) is 83.8 Å². The molecule has 1 aromatic heterocycles. The molecule has 0 bridgehead atoms. The van der Waals surface area contributed by atoms with Crippen LogP contribution in [0.15, 0.2) is 35.7 Å². The summed E-state index contributed by atoms with van der Waals surface area (Å²) in [6, 6.07) is 5.17. The van der Waals surface area contributed by atoms with Gasteiger partial charge in [-0.15, -0.1) is 0 Å². The second kappa shape index (κ2) is 6.95. The molecule has 0 aliphatic rings. The molecule has 2 aromatic rings. The minimum atomic E-state index is -0.360. The Morgan fingerprint density at radius 1 is 1.50 bits per heavy atom. The lowest BCUT2D eigenvalue weighted by Crippen LogP contribution is -2.03. The maximum absolute atomic E-state index is 11.0. The fourth-order valence-corrected chi connectivity index (χ4v) is 2.48. The molecule has 0 fully saturated rings. The standard InChI is InChI=1S/C13H16N4O2S/c1-2-5-14-11-8-10(3-4-12(11)17(18)19)9-20-13-15-6-7-16-13/h3-4,6-8,14H,2,5,9H2,1H3,(H,15,16). The number of thioether (sulfide) groups is 1. The van der Waals surface area contributed by atoms with E-state index in [1.807, 2.05) is 13.0 Å². The van der Waals surface area contributed by atoms with E-state index in [4.69, 9.17) is 0 Å². The molecule has 0 unspecified atom stereocenters. The number of nitro benzene ring substituents is 1. The van der Waals surface area contributed by atoms with Gasteiger partial charge in [0.05, 0.1) is 4.92 Å². The van der Waals surface area contributed by atoms with Crippen molar-refractivity contribution in [2.45, 2.75) is 24.3 Å². The van der Waals surface area contributed by atoms with Crippen LogP contribution in [0, 0.1) is 10.1 Å². The summed E-state index contributed by atoms with van der Waals surface area (Å²) in [6.45, 7) is 2.74. The van der Waals surface area contributed by atoms with Crippen LogP contribution < -0.4 is 5.32 Å². The number of H-pyrrole nitrogens is 1. The number of anilines is 1. The highest BCUT2D eigenvalue weighted by atomic mass is 32.2. The maximum Gasteiger partial charge on any atom is 0.292 e. The van der Waals surface area contributed by atoms with Gasteiger partial charge in [0.1, 0.15) is 5.69 Å². The van der Waals surface area contributed by atoms with Gasteiger partial charge in [0.15, 0.2) is 5.16 Å². The molecule has 1 aromatic carbocycles. The van der Waals surface area contributed by atoms with Crippen molar-refractivity contribution >= 4 is 23.1 Å². The van der Waals surface area contributed by atoms with E-state index in [0.29, 0.717) is 11.4 Å². The maximum atomic E-state index is 11.0. The molecule has 106 valence electrons. The van der Waals surface area contributed by atoms with Gasteiger partial charge in [0.25, 0.3) is 5.69 Å². The van der Waals surface area contributed by atoms with E-state index < -0.39 is 0 Å². The van der Waals surface area contributed by atoms with E-state index in [-0.39, 0.29) is 10.6 Å². The Hall–Kier alpha value is -2.02.